The number of anilines is 1. The van der Waals surface area contributed by atoms with Gasteiger partial charge in [-0.05, 0) is 66.6 Å². The maximum Gasteiger partial charge on any atom is 0.344 e. The molecule has 162 valence electrons. The molecule has 5 rings (SSSR count). The number of nitrogens with one attached hydrogen (secondary N) is 1. The third-order valence-electron chi connectivity index (χ3n) is 5.37. The molecule has 33 heavy (non-hydrogen) atoms. The number of hydrogen-bond acceptors (Lipinski definition) is 4. The summed E-state index contributed by atoms with van der Waals surface area (Å²) in [6.45, 7) is 1.89. The van der Waals surface area contributed by atoms with Crippen molar-refractivity contribution in [2.24, 2.45) is 0 Å². The van der Waals surface area contributed by atoms with Gasteiger partial charge < -0.3 is 14.2 Å². The van der Waals surface area contributed by atoms with Gasteiger partial charge >= 0.3 is 5.63 Å². The summed E-state index contributed by atoms with van der Waals surface area (Å²) in [4.78, 5) is 25.2. The number of carbonyl (C=O) groups excluding carboxylic acids is 1. The van der Waals surface area contributed by atoms with Gasteiger partial charge in [-0.3, -0.25) is 4.79 Å². The third-order valence-corrected chi connectivity index (χ3v) is 5.90. The van der Waals surface area contributed by atoms with Crippen LogP contribution in [0.25, 0.3) is 33.4 Å². The van der Waals surface area contributed by atoms with E-state index in [1.54, 1.807) is 30.3 Å². The molecule has 0 radical (unpaired) electrons. The second-order valence-corrected chi connectivity index (χ2v) is 8.56. The number of furan rings is 1. The molecule has 1 N–H and O–H groups in total. The van der Waals surface area contributed by atoms with E-state index in [4.69, 9.17) is 8.83 Å². The van der Waals surface area contributed by atoms with Crippen molar-refractivity contribution in [3.05, 3.63) is 111 Å². The van der Waals surface area contributed by atoms with Gasteiger partial charge in [0.2, 0.25) is 0 Å². The first-order valence-electron chi connectivity index (χ1n) is 10.3. The molecule has 0 unspecified atom stereocenters. The number of benzene rings is 3. The van der Waals surface area contributed by atoms with Crippen LogP contribution >= 0.6 is 15.9 Å². The summed E-state index contributed by atoms with van der Waals surface area (Å²) in [5.41, 5.74) is 3.71. The largest absolute Gasteiger partial charge is 0.451 e. The molecule has 0 fully saturated rings. The molecule has 0 spiro atoms. The highest BCUT2D eigenvalue weighted by Gasteiger charge is 2.15. The highest BCUT2D eigenvalue weighted by Crippen LogP contribution is 2.28. The average Bonchev–Trinajstić information content (AvgIpc) is 3.30. The minimum absolute atomic E-state index is 0.213. The Balaban J connectivity index is 1.38. The standard InChI is InChI=1S/C27H18BrNO4/c1-16-14-20(10-11-21(16)22-15-18-4-2-3-5-23(18)33-27(22)31)29-26(30)25-13-12-24(32-25)17-6-8-19(28)9-7-17/h2-15H,1H3,(H,29,30). The molecule has 5 nitrogen and oxygen atoms in total. The lowest BCUT2D eigenvalue weighted by Crippen LogP contribution is -2.11. The molecule has 0 aliphatic carbocycles. The topological polar surface area (TPSA) is 72.5 Å². The smallest absolute Gasteiger partial charge is 0.344 e. The molecule has 3 aromatic carbocycles. The van der Waals surface area contributed by atoms with Crippen LogP contribution in [0.2, 0.25) is 0 Å². The van der Waals surface area contributed by atoms with Gasteiger partial charge in [-0.15, -0.1) is 0 Å². The Morgan fingerprint density at radius 1 is 0.848 bits per heavy atom. The number of carbonyl (C=O) groups is 1. The molecule has 0 aliphatic rings. The molecule has 6 heteroatoms. The maximum atomic E-state index is 12.7. The van der Waals surface area contributed by atoms with Crippen molar-refractivity contribution in [2.75, 3.05) is 5.32 Å². The van der Waals surface area contributed by atoms with Crippen molar-refractivity contribution in [2.45, 2.75) is 6.92 Å². The summed E-state index contributed by atoms with van der Waals surface area (Å²) < 4.78 is 12.2. The zero-order chi connectivity index (χ0) is 22.9. The van der Waals surface area contributed by atoms with E-state index in [0.29, 0.717) is 22.6 Å². The first-order valence-corrected chi connectivity index (χ1v) is 11.1. The number of aryl methyl sites for hydroxylation is 1. The van der Waals surface area contributed by atoms with Gasteiger partial charge in [0.25, 0.3) is 5.91 Å². The molecular formula is C27H18BrNO4. The van der Waals surface area contributed by atoms with Gasteiger partial charge in [0, 0.05) is 21.1 Å². The highest BCUT2D eigenvalue weighted by atomic mass is 79.9. The van der Waals surface area contributed by atoms with Gasteiger partial charge in [0.15, 0.2) is 5.76 Å². The van der Waals surface area contributed by atoms with Crippen LogP contribution in [0, 0.1) is 6.92 Å². The Morgan fingerprint density at radius 3 is 2.42 bits per heavy atom. The maximum absolute atomic E-state index is 12.7. The summed E-state index contributed by atoms with van der Waals surface area (Å²) in [5.74, 6) is 0.475. The Kier molecular flexibility index (Phi) is 5.44. The summed E-state index contributed by atoms with van der Waals surface area (Å²) in [6.07, 6.45) is 0. The minimum Gasteiger partial charge on any atom is -0.451 e. The van der Waals surface area contributed by atoms with Gasteiger partial charge in [0.05, 0.1) is 5.56 Å². The summed E-state index contributed by atoms with van der Waals surface area (Å²) in [7, 11) is 0. The van der Waals surface area contributed by atoms with E-state index in [2.05, 4.69) is 21.2 Å². The molecule has 2 heterocycles. The van der Waals surface area contributed by atoms with Crippen LogP contribution in [0.1, 0.15) is 16.1 Å². The zero-order valence-electron chi connectivity index (χ0n) is 17.6. The van der Waals surface area contributed by atoms with E-state index < -0.39 is 5.63 Å². The lowest BCUT2D eigenvalue weighted by molar-refractivity contribution is 0.0997. The molecule has 0 bridgehead atoms. The molecular weight excluding hydrogens is 482 g/mol. The number of rotatable bonds is 4. The highest BCUT2D eigenvalue weighted by molar-refractivity contribution is 9.10. The van der Waals surface area contributed by atoms with Gasteiger partial charge in [0.1, 0.15) is 11.3 Å². The minimum atomic E-state index is -0.398. The van der Waals surface area contributed by atoms with Crippen molar-refractivity contribution < 1.29 is 13.6 Å². The number of halogens is 1. The Labute approximate surface area is 197 Å². The summed E-state index contributed by atoms with van der Waals surface area (Å²) >= 11 is 3.41. The molecule has 5 aromatic rings. The number of hydrogen-bond donors (Lipinski definition) is 1. The monoisotopic (exact) mass is 499 g/mol. The van der Waals surface area contributed by atoms with E-state index in [-0.39, 0.29) is 11.7 Å². The lowest BCUT2D eigenvalue weighted by Gasteiger charge is -2.09. The first-order chi connectivity index (χ1) is 16.0. The van der Waals surface area contributed by atoms with E-state index in [9.17, 15) is 9.59 Å². The second kappa shape index (κ2) is 8.56. The zero-order valence-corrected chi connectivity index (χ0v) is 19.2. The van der Waals surface area contributed by atoms with Crippen molar-refractivity contribution >= 4 is 38.5 Å². The quantitative estimate of drug-likeness (QED) is 0.269. The summed E-state index contributed by atoms with van der Waals surface area (Å²) in [6, 6.07) is 25.7. The van der Waals surface area contributed by atoms with Crippen molar-refractivity contribution in [1.29, 1.82) is 0 Å². The SMILES string of the molecule is Cc1cc(NC(=O)c2ccc(-c3ccc(Br)cc3)o2)ccc1-c1cc2ccccc2oc1=O. The van der Waals surface area contributed by atoms with E-state index in [1.165, 1.54) is 0 Å². The van der Waals surface area contributed by atoms with Crippen LogP contribution in [0.15, 0.2) is 103 Å². The normalized spacial score (nSPS) is 11.0. The molecule has 0 aliphatic heterocycles. The predicted molar refractivity (Wildman–Crippen MR) is 132 cm³/mol. The molecule has 0 atom stereocenters. The number of fused-ring (bicyclic) bond motifs is 1. The fourth-order valence-electron chi connectivity index (χ4n) is 3.72. The van der Waals surface area contributed by atoms with Gasteiger partial charge in [-0.25, -0.2) is 4.79 Å². The van der Waals surface area contributed by atoms with Crippen LogP contribution in [-0.4, -0.2) is 5.91 Å². The number of para-hydroxylation sites is 1. The predicted octanol–water partition coefficient (Wildman–Crippen LogP) is 7.04. The van der Waals surface area contributed by atoms with E-state index >= 15 is 0 Å². The van der Waals surface area contributed by atoms with Crippen LogP contribution < -0.4 is 10.9 Å². The Morgan fingerprint density at radius 2 is 1.64 bits per heavy atom. The molecule has 2 aromatic heterocycles. The molecule has 0 saturated carbocycles. The fourth-order valence-corrected chi connectivity index (χ4v) is 3.98. The van der Waals surface area contributed by atoms with Gasteiger partial charge in [-0.2, -0.15) is 0 Å². The first kappa shape index (κ1) is 21.0. The van der Waals surface area contributed by atoms with Crippen LogP contribution in [0.4, 0.5) is 5.69 Å². The van der Waals surface area contributed by atoms with E-state index in [0.717, 1.165) is 26.5 Å². The van der Waals surface area contributed by atoms with Crippen molar-refractivity contribution in [1.82, 2.24) is 0 Å². The van der Waals surface area contributed by atoms with Gasteiger partial charge in [-0.1, -0.05) is 52.3 Å². The lowest BCUT2D eigenvalue weighted by atomic mass is 10.0. The Hall–Kier alpha value is -3.90. The second-order valence-electron chi connectivity index (χ2n) is 7.64. The molecule has 0 saturated heterocycles. The average molecular weight is 500 g/mol. The molecule has 1 amide bonds. The van der Waals surface area contributed by atoms with Crippen LogP contribution in [0.5, 0.6) is 0 Å². The fraction of sp³-hybridized carbons (Fsp3) is 0.0370. The van der Waals surface area contributed by atoms with Crippen LogP contribution in [0.3, 0.4) is 0 Å². The number of amides is 1. The third kappa shape index (κ3) is 4.25. The van der Waals surface area contributed by atoms with E-state index in [1.807, 2.05) is 61.5 Å². The summed E-state index contributed by atoms with van der Waals surface area (Å²) in [5, 5.41) is 3.70. The van der Waals surface area contributed by atoms with Crippen molar-refractivity contribution in [3.8, 4) is 22.5 Å². The van der Waals surface area contributed by atoms with Crippen LogP contribution in [-0.2, 0) is 0 Å². The van der Waals surface area contributed by atoms with Crippen molar-refractivity contribution in [3.63, 3.8) is 0 Å². The Bertz CT molecular complexity index is 1550.